The first-order valence-corrected chi connectivity index (χ1v) is 15.3. The fourth-order valence-electron chi connectivity index (χ4n) is 6.00. The lowest BCUT2D eigenvalue weighted by Crippen LogP contribution is -2.53. The molecule has 2 fully saturated rings. The maximum atomic E-state index is 14.5. The molecule has 43 heavy (non-hydrogen) atoms. The molecule has 0 bridgehead atoms. The molecule has 3 atom stereocenters. The van der Waals surface area contributed by atoms with Gasteiger partial charge in [-0.3, -0.25) is 4.79 Å². The summed E-state index contributed by atoms with van der Waals surface area (Å²) < 4.78 is 22.9. The van der Waals surface area contributed by atoms with Crippen molar-refractivity contribution in [1.82, 2.24) is 10.2 Å². The lowest BCUT2D eigenvalue weighted by atomic mass is 9.77. The third kappa shape index (κ3) is 8.15. The van der Waals surface area contributed by atoms with Crippen LogP contribution in [0.3, 0.4) is 0 Å². The van der Waals surface area contributed by atoms with Gasteiger partial charge in [-0.2, -0.15) is 0 Å². The summed E-state index contributed by atoms with van der Waals surface area (Å²) in [5, 5.41) is 13.0. The van der Waals surface area contributed by atoms with Gasteiger partial charge in [0.05, 0.1) is 39.0 Å². The van der Waals surface area contributed by atoms with E-state index in [1.807, 2.05) is 41.3 Å². The van der Waals surface area contributed by atoms with Crippen molar-refractivity contribution in [3.63, 3.8) is 0 Å². The number of nitrogens with one attached hydrogen (secondary N) is 1. The van der Waals surface area contributed by atoms with E-state index in [-0.39, 0.29) is 43.1 Å². The Morgan fingerprint density at radius 2 is 1.70 bits per heavy atom. The smallest absolute Gasteiger partial charge is 0.228 e. The Morgan fingerprint density at radius 1 is 0.907 bits per heavy atom. The molecule has 0 spiro atoms. The van der Waals surface area contributed by atoms with Crippen molar-refractivity contribution in [3.05, 3.63) is 83.9 Å². The summed E-state index contributed by atoms with van der Waals surface area (Å²) in [6, 6.07) is 24.8. The number of piperidine rings is 1. The van der Waals surface area contributed by atoms with Gasteiger partial charge < -0.3 is 34.3 Å². The molecule has 1 aliphatic carbocycles. The number of hydrogen-bond donors (Lipinski definition) is 2. The zero-order valence-electron chi connectivity index (χ0n) is 25.2. The first-order chi connectivity index (χ1) is 21.1. The number of carbonyl (C=O) groups is 1. The molecule has 0 radical (unpaired) electrons. The second-order valence-electron chi connectivity index (χ2n) is 11.3. The zero-order chi connectivity index (χ0) is 30.0. The quantitative estimate of drug-likeness (QED) is 0.250. The lowest BCUT2D eigenvalue weighted by molar-refractivity contribution is -0.140. The summed E-state index contributed by atoms with van der Waals surface area (Å²) in [5.74, 6) is 1.07. The van der Waals surface area contributed by atoms with Gasteiger partial charge in [0.25, 0.3) is 0 Å². The van der Waals surface area contributed by atoms with Gasteiger partial charge in [0.1, 0.15) is 11.5 Å². The minimum absolute atomic E-state index is 0.0637. The number of nitrogens with zero attached hydrogens (tertiary/aromatic N) is 1. The molecule has 8 heteroatoms. The Morgan fingerprint density at radius 3 is 2.44 bits per heavy atom. The molecule has 0 aromatic heterocycles. The first-order valence-electron chi connectivity index (χ1n) is 15.3. The van der Waals surface area contributed by atoms with Crippen LogP contribution in [-0.2, 0) is 20.8 Å². The summed E-state index contributed by atoms with van der Waals surface area (Å²) in [4.78, 5) is 16.6. The van der Waals surface area contributed by atoms with Gasteiger partial charge in [0.2, 0.25) is 5.91 Å². The van der Waals surface area contributed by atoms with E-state index >= 15 is 0 Å². The van der Waals surface area contributed by atoms with Crippen LogP contribution in [-0.4, -0.2) is 81.8 Å². The predicted octanol–water partition coefficient (Wildman–Crippen LogP) is 4.65. The lowest BCUT2D eigenvalue weighted by Gasteiger charge is -2.40. The molecule has 3 aromatic rings. The molecule has 1 amide bonds. The molecule has 8 nitrogen and oxygen atoms in total. The number of amides is 1. The van der Waals surface area contributed by atoms with Gasteiger partial charge in [-0.25, -0.2) is 0 Å². The van der Waals surface area contributed by atoms with Crippen LogP contribution in [0.4, 0.5) is 0 Å². The van der Waals surface area contributed by atoms with E-state index in [1.54, 1.807) is 14.2 Å². The van der Waals surface area contributed by atoms with Gasteiger partial charge in [-0.15, -0.1) is 0 Å². The standard InChI is InChI=1S/C35H44N2O6/c1-40-15-7-16-42-31-19-25(18-30(21-31)41-2)24-37(29-12-13-29)35(39)32-22-36-23-33(43-17-14-38)34(32)28-11-6-10-27(20-28)26-8-4-3-5-9-26/h3-6,8-11,18-21,29,32-34,36,38H,7,12-17,22-24H2,1-2H3/t32-,33+,34+/m0/s1. The SMILES string of the molecule is COCCCOc1cc(CN(C(=O)[C@H]2CNC[C@@H](OCCO)[C@@H]2c2cccc(-c3ccccc3)c2)C2CC2)cc(OC)c1. The van der Waals surface area contributed by atoms with Crippen LogP contribution in [0.15, 0.2) is 72.8 Å². The van der Waals surface area contributed by atoms with Crippen LogP contribution in [0.25, 0.3) is 11.1 Å². The molecule has 230 valence electrons. The normalized spacial score (nSPS) is 20.0. The maximum Gasteiger partial charge on any atom is 0.228 e. The number of hydrogen-bond acceptors (Lipinski definition) is 7. The maximum absolute atomic E-state index is 14.5. The Labute approximate surface area is 254 Å². The van der Waals surface area contributed by atoms with E-state index in [2.05, 4.69) is 41.7 Å². The summed E-state index contributed by atoms with van der Waals surface area (Å²) >= 11 is 0. The number of benzene rings is 3. The molecule has 5 rings (SSSR count). The highest BCUT2D eigenvalue weighted by atomic mass is 16.5. The van der Waals surface area contributed by atoms with Crippen molar-refractivity contribution in [3.8, 4) is 22.6 Å². The van der Waals surface area contributed by atoms with Crippen LogP contribution in [0.5, 0.6) is 11.5 Å². The second kappa shape index (κ2) is 15.3. The van der Waals surface area contributed by atoms with Crippen LogP contribution >= 0.6 is 0 Å². The highest BCUT2D eigenvalue weighted by Gasteiger charge is 2.44. The predicted molar refractivity (Wildman–Crippen MR) is 166 cm³/mol. The largest absolute Gasteiger partial charge is 0.497 e. The number of ether oxygens (including phenoxy) is 4. The number of aliphatic hydroxyl groups is 1. The molecular formula is C35H44N2O6. The summed E-state index contributed by atoms with van der Waals surface area (Å²) in [7, 11) is 3.33. The monoisotopic (exact) mass is 588 g/mol. The number of methoxy groups -OCH3 is 2. The van der Waals surface area contributed by atoms with Crippen LogP contribution in [0.2, 0.25) is 0 Å². The first kappa shape index (κ1) is 31.0. The molecule has 0 unspecified atom stereocenters. The topological polar surface area (TPSA) is 89.5 Å². The van der Waals surface area contributed by atoms with Crippen molar-refractivity contribution >= 4 is 5.91 Å². The Hall–Kier alpha value is -3.43. The van der Waals surface area contributed by atoms with Crippen molar-refractivity contribution in [2.45, 2.75) is 43.9 Å². The Bertz CT molecular complexity index is 1310. The van der Waals surface area contributed by atoms with E-state index < -0.39 is 0 Å². The van der Waals surface area contributed by atoms with E-state index in [0.717, 1.165) is 47.3 Å². The average Bonchev–Trinajstić information content (AvgIpc) is 3.90. The molecular weight excluding hydrogens is 544 g/mol. The number of carbonyl (C=O) groups excluding carboxylic acids is 1. The minimum atomic E-state index is -0.320. The molecule has 1 saturated carbocycles. The van der Waals surface area contributed by atoms with Crippen LogP contribution in [0, 0.1) is 5.92 Å². The van der Waals surface area contributed by atoms with Gasteiger partial charge in [0, 0.05) is 57.8 Å². The van der Waals surface area contributed by atoms with Crippen molar-refractivity contribution in [2.75, 3.05) is 53.7 Å². The Balaban J connectivity index is 1.42. The highest BCUT2D eigenvalue weighted by Crippen LogP contribution is 2.39. The summed E-state index contributed by atoms with van der Waals surface area (Å²) in [6.45, 7) is 3.00. The highest BCUT2D eigenvalue weighted by molar-refractivity contribution is 5.81. The van der Waals surface area contributed by atoms with Gasteiger partial charge in [-0.1, -0.05) is 54.6 Å². The third-order valence-electron chi connectivity index (χ3n) is 8.22. The average molecular weight is 589 g/mol. The summed E-state index contributed by atoms with van der Waals surface area (Å²) in [5.41, 5.74) is 4.29. The fraction of sp³-hybridized carbons (Fsp3) is 0.457. The summed E-state index contributed by atoms with van der Waals surface area (Å²) in [6.07, 6.45) is 2.53. The van der Waals surface area contributed by atoms with Gasteiger partial charge in [0.15, 0.2) is 0 Å². The van der Waals surface area contributed by atoms with Crippen molar-refractivity contribution in [2.24, 2.45) is 5.92 Å². The van der Waals surface area contributed by atoms with Crippen LogP contribution < -0.4 is 14.8 Å². The minimum Gasteiger partial charge on any atom is -0.497 e. The molecule has 1 heterocycles. The molecule has 2 N–H and O–H groups in total. The van der Waals surface area contributed by atoms with Gasteiger partial charge in [-0.05, 0) is 47.2 Å². The third-order valence-corrected chi connectivity index (χ3v) is 8.22. The molecule has 1 saturated heterocycles. The second-order valence-corrected chi connectivity index (χ2v) is 11.3. The molecule has 2 aliphatic rings. The van der Waals surface area contributed by atoms with Gasteiger partial charge >= 0.3 is 0 Å². The van der Waals surface area contributed by atoms with E-state index in [0.29, 0.717) is 38.6 Å². The zero-order valence-corrected chi connectivity index (χ0v) is 25.2. The van der Waals surface area contributed by atoms with Crippen LogP contribution in [0.1, 0.15) is 36.3 Å². The van der Waals surface area contributed by atoms with E-state index in [4.69, 9.17) is 18.9 Å². The molecule has 1 aliphatic heterocycles. The molecule has 3 aromatic carbocycles. The van der Waals surface area contributed by atoms with Crippen molar-refractivity contribution in [1.29, 1.82) is 0 Å². The number of aliphatic hydroxyl groups excluding tert-OH is 1. The van der Waals surface area contributed by atoms with Crippen molar-refractivity contribution < 1.29 is 28.8 Å². The van der Waals surface area contributed by atoms with E-state index in [1.165, 1.54) is 0 Å². The fourth-order valence-corrected chi connectivity index (χ4v) is 6.00. The number of rotatable bonds is 15. The van der Waals surface area contributed by atoms with E-state index in [9.17, 15) is 9.90 Å². The Kier molecular flexibility index (Phi) is 11.1.